The van der Waals surface area contributed by atoms with Crippen molar-refractivity contribution in [2.24, 2.45) is 0 Å². The van der Waals surface area contributed by atoms with Crippen molar-refractivity contribution in [3.8, 4) is 0 Å². The van der Waals surface area contributed by atoms with Crippen LogP contribution >= 0.6 is 11.6 Å². The van der Waals surface area contributed by atoms with E-state index in [1.54, 1.807) is 26.0 Å². The quantitative estimate of drug-likeness (QED) is 0.904. The lowest BCUT2D eigenvalue weighted by Crippen LogP contribution is -2.53. The van der Waals surface area contributed by atoms with E-state index in [1.165, 1.54) is 4.31 Å². The van der Waals surface area contributed by atoms with E-state index in [9.17, 15) is 13.5 Å². The number of rotatable bonds is 3. The maximum absolute atomic E-state index is 12.9. The molecule has 1 heterocycles. The van der Waals surface area contributed by atoms with Crippen molar-refractivity contribution in [2.45, 2.75) is 37.3 Å². The Morgan fingerprint density at radius 1 is 1.27 bits per heavy atom. The molecule has 1 aliphatic rings. The van der Waals surface area contributed by atoms with Gasteiger partial charge in [0.2, 0.25) is 10.0 Å². The fraction of sp³-hybridized carbons (Fsp3) is 0.600. The molecule has 0 amide bonds. The predicted molar refractivity (Wildman–Crippen MR) is 87.8 cm³/mol. The number of benzene rings is 1. The number of halogens is 1. The molecule has 2 atom stereocenters. The lowest BCUT2D eigenvalue weighted by Gasteiger charge is -2.38. The average molecular weight is 347 g/mol. The number of aliphatic hydroxyl groups excluding tert-OH is 1. The van der Waals surface area contributed by atoms with Gasteiger partial charge in [-0.2, -0.15) is 4.31 Å². The Bertz CT molecular complexity index is 661. The maximum Gasteiger partial charge on any atom is 0.243 e. The van der Waals surface area contributed by atoms with Crippen LogP contribution in [0.5, 0.6) is 0 Å². The van der Waals surface area contributed by atoms with Gasteiger partial charge in [0.1, 0.15) is 0 Å². The van der Waals surface area contributed by atoms with Crippen LogP contribution < -0.4 is 0 Å². The third kappa shape index (κ3) is 3.31. The third-order valence-electron chi connectivity index (χ3n) is 4.25. The average Bonchev–Trinajstić information content (AvgIpc) is 2.42. The van der Waals surface area contributed by atoms with Gasteiger partial charge in [0, 0.05) is 24.2 Å². The largest absolute Gasteiger partial charge is 0.390 e. The Hall–Kier alpha value is -0.660. The normalized spacial score (nSPS) is 24.0. The summed E-state index contributed by atoms with van der Waals surface area (Å²) in [7, 11) is 0.169. The standard InChI is InChI=1S/C15H23ClN2O3S/c1-10-8-15(11(2)7-12(10)16)22(20,21)18-6-5-13(17(3)4)14(19)9-18/h7-8,13-14,19H,5-6,9H2,1-4H3/t13-,14-/m0/s1. The van der Waals surface area contributed by atoms with E-state index in [-0.39, 0.29) is 17.5 Å². The molecule has 5 nitrogen and oxygen atoms in total. The first-order valence-corrected chi connectivity index (χ1v) is 9.07. The van der Waals surface area contributed by atoms with E-state index in [4.69, 9.17) is 11.6 Å². The van der Waals surface area contributed by atoms with Crippen molar-refractivity contribution in [3.05, 3.63) is 28.3 Å². The summed E-state index contributed by atoms with van der Waals surface area (Å²) < 4.78 is 27.1. The fourth-order valence-electron chi connectivity index (χ4n) is 2.88. The van der Waals surface area contributed by atoms with Crippen LogP contribution in [-0.2, 0) is 10.0 Å². The summed E-state index contributed by atoms with van der Waals surface area (Å²) >= 11 is 6.04. The molecule has 0 radical (unpaired) electrons. The van der Waals surface area contributed by atoms with Gasteiger partial charge in [0.25, 0.3) is 0 Å². The molecule has 0 aromatic heterocycles. The topological polar surface area (TPSA) is 60.9 Å². The van der Waals surface area contributed by atoms with E-state index in [0.717, 1.165) is 5.56 Å². The minimum atomic E-state index is -3.62. The zero-order chi connectivity index (χ0) is 16.7. The SMILES string of the molecule is Cc1cc(S(=O)(=O)N2CC[C@H](N(C)C)[C@@H](O)C2)c(C)cc1Cl. The number of β-amino-alcohol motifs (C(OH)–C–C–N with tert-alkyl or cyclic N) is 1. The second-order valence-corrected chi connectivity index (χ2v) is 8.43. The smallest absolute Gasteiger partial charge is 0.243 e. The summed E-state index contributed by atoms with van der Waals surface area (Å²) in [6.45, 7) is 4.05. The van der Waals surface area contributed by atoms with Crippen LogP contribution in [0.3, 0.4) is 0 Å². The number of aryl methyl sites for hydroxylation is 2. The molecular weight excluding hydrogens is 324 g/mol. The number of likely N-dealkylation sites (N-methyl/N-ethyl adjacent to an activating group) is 1. The molecule has 0 unspecified atom stereocenters. The summed E-state index contributed by atoms with van der Waals surface area (Å²) in [4.78, 5) is 2.21. The van der Waals surface area contributed by atoms with Gasteiger partial charge in [0.15, 0.2) is 0 Å². The second kappa shape index (κ2) is 6.45. The van der Waals surface area contributed by atoms with Gasteiger partial charge < -0.3 is 10.0 Å². The van der Waals surface area contributed by atoms with Crippen molar-refractivity contribution in [3.63, 3.8) is 0 Å². The number of nitrogens with zero attached hydrogens (tertiary/aromatic N) is 2. The number of hydrogen-bond acceptors (Lipinski definition) is 4. The molecular formula is C15H23ClN2O3S. The first kappa shape index (κ1) is 17.7. The van der Waals surface area contributed by atoms with Gasteiger partial charge in [-0.3, -0.25) is 0 Å². The third-order valence-corrected chi connectivity index (χ3v) is 6.66. The highest BCUT2D eigenvalue weighted by atomic mass is 35.5. The highest BCUT2D eigenvalue weighted by Crippen LogP contribution is 2.28. The Morgan fingerprint density at radius 2 is 1.91 bits per heavy atom. The number of aliphatic hydroxyl groups is 1. The summed E-state index contributed by atoms with van der Waals surface area (Å²) in [5, 5.41) is 10.8. The molecule has 0 bridgehead atoms. The van der Waals surface area contributed by atoms with Crippen molar-refractivity contribution < 1.29 is 13.5 Å². The van der Waals surface area contributed by atoms with Crippen LogP contribution in [0.1, 0.15) is 17.5 Å². The van der Waals surface area contributed by atoms with E-state index in [2.05, 4.69) is 0 Å². The Morgan fingerprint density at radius 3 is 2.45 bits per heavy atom. The van der Waals surface area contributed by atoms with Gasteiger partial charge in [0.05, 0.1) is 11.0 Å². The number of hydrogen-bond donors (Lipinski definition) is 1. The monoisotopic (exact) mass is 346 g/mol. The molecule has 124 valence electrons. The maximum atomic E-state index is 12.9. The Labute approximate surface area is 137 Å². The van der Waals surface area contributed by atoms with E-state index in [1.807, 2.05) is 19.0 Å². The molecule has 22 heavy (non-hydrogen) atoms. The van der Waals surface area contributed by atoms with Gasteiger partial charge in [-0.15, -0.1) is 0 Å². The lowest BCUT2D eigenvalue weighted by atomic mass is 10.0. The van der Waals surface area contributed by atoms with Crippen molar-refractivity contribution in [1.82, 2.24) is 9.21 Å². The fourth-order valence-corrected chi connectivity index (χ4v) is 4.87. The van der Waals surface area contributed by atoms with E-state index < -0.39 is 16.1 Å². The van der Waals surface area contributed by atoms with Gasteiger partial charge in [-0.05, 0) is 57.6 Å². The highest BCUT2D eigenvalue weighted by molar-refractivity contribution is 7.89. The minimum Gasteiger partial charge on any atom is -0.390 e. The molecule has 7 heteroatoms. The molecule has 1 aromatic rings. The van der Waals surface area contributed by atoms with Crippen molar-refractivity contribution in [1.29, 1.82) is 0 Å². The zero-order valence-electron chi connectivity index (χ0n) is 13.4. The van der Waals surface area contributed by atoms with Crippen LogP contribution in [0.15, 0.2) is 17.0 Å². The highest BCUT2D eigenvalue weighted by Gasteiger charge is 2.36. The van der Waals surface area contributed by atoms with Crippen LogP contribution in [-0.4, -0.2) is 62.1 Å². The molecule has 0 spiro atoms. The van der Waals surface area contributed by atoms with Crippen LogP contribution in [0, 0.1) is 13.8 Å². The number of piperidine rings is 1. The van der Waals surface area contributed by atoms with Gasteiger partial charge in [-0.25, -0.2) is 8.42 Å². The van der Waals surface area contributed by atoms with Crippen LogP contribution in [0.25, 0.3) is 0 Å². The predicted octanol–water partition coefficient (Wildman–Crippen LogP) is 1.64. The van der Waals surface area contributed by atoms with Crippen molar-refractivity contribution in [2.75, 3.05) is 27.2 Å². The minimum absolute atomic E-state index is 0.0144. The second-order valence-electron chi connectivity index (χ2n) is 6.12. The zero-order valence-corrected chi connectivity index (χ0v) is 14.9. The molecule has 1 aromatic carbocycles. The molecule has 0 aliphatic carbocycles. The van der Waals surface area contributed by atoms with Crippen LogP contribution in [0.4, 0.5) is 0 Å². The van der Waals surface area contributed by atoms with Crippen LogP contribution in [0.2, 0.25) is 5.02 Å². The molecule has 1 N–H and O–H groups in total. The summed E-state index contributed by atoms with van der Waals surface area (Å²) in [5.74, 6) is 0. The first-order valence-electron chi connectivity index (χ1n) is 7.26. The molecule has 2 rings (SSSR count). The lowest BCUT2D eigenvalue weighted by molar-refractivity contribution is 0.0291. The van der Waals surface area contributed by atoms with Gasteiger partial charge in [-0.1, -0.05) is 11.6 Å². The Balaban J connectivity index is 2.31. The van der Waals surface area contributed by atoms with Crippen molar-refractivity contribution >= 4 is 21.6 Å². The molecule has 1 saturated heterocycles. The summed E-state index contributed by atoms with van der Waals surface area (Å²) in [5.41, 5.74) is 1.36. The molecule has 1 aliphatic heterocycles. The molecule has 0 saturated carbocycles. The first-order chi connectivity index (χ1) is 10.1. The summed E-state index contributed by atoms with van der Waals surface area (Å²) in [6, 6.07) is 3.27. The summed E-state index contributed by atoms with van der Waals surface area (Å²) in [6.07, 6.45) is -0.0776. The Kier molecular flexibility index (Phi) is 5.19. The van der Waals surface area contributed by atoms with Gasteiger partial charge >= 0.3 is 0 Å². The van der Waals surface area contributed by atoms with E-state index in [0.29, 0.717) is 23.6 Å². The molecule has 1 fully saturated rings. The number of sulfonamides is 1. The van der Waals surface area contributed by atoms with E-state index >= 15 is 0 Å².